The molecule has 2 atom stereocenters. The van der Waals surface area contributed by atoms with Gasteiger partial charge in [-0.05, 0) is 24.6 Å². The molecule has 1 aromatic carbocycles. The molecule has 3 rings (SSSR count). The van der Waals surface area contributed by atoms with E-state index in [-0.39, 0.29) is 6.04 Å². The van der Waals surface area contributed by atoms with Gasteiger partial charge in [0, 0.05) is 5.22 Å². The maximum Gasteiger partial charge on any atom is 0.325 e. The normalized spacial score (nSPS) is 26.9. The molecule has 0 amide bonds. The van der Waals surface area contributed by atoms with Crippen LogP contribution < -0.4 is 15.9 Å². The van der Waals surface area contributed by atoms with Gasteiger partial charge in [0.2, 0.25) is 0 Å². The molecule has 2 unspecified atom stereocenters. The van der Waals surface area contributed by atoms with Gasteiger partial charge in [0.15, 0.2) is 0 Å². The number of aliphatic carboxylic acids is 1. The van der Waals surface area contributed by atoms with Crippen LogP contribution in [0.5, 0.6) is 0 Å². The van der Waals surface area contributed by atoms with Gasteiger partial charge in [-0.3, -0.25) is 9.79 Å². The van der Waals surface area contributed by atoms with E-state index in [1.807, 2.05) is 24.3 Å². The molecule has 16 heavy (non-hydrogen) atoms. The quantitative estimate of drug-likeness (QED) is 0.651. The summed E-state index contributed by atoms with van der Waals surface area (Å²) in [5.74, 6) is -0.813. The van der Waals surface area contributed by atoms with E-state index >= 15 is 0 Å². The highest BCUT2D eigenvalue weighted by atomic mass is 16.4. The highest BCUT2D eigenvalue weighted by Gasteiger charge is 2.34. The van der Waals surface area contributed by atoms with Gasteiger partial charge in [0.25, 0.3) is 0 Å². The van der Waals surface area contributed by atoms with Gasteiger partial charge in [0.1, 0.15) is 6.04 Å². The molecule has 4 nitrogen and oxygen atoms in total. The van der Waals surface area contributed by atoms with E-state index in [0.29, 0.717) is 6.54 Å². The predicted octanol–water partition coefficient (Wildman–Crippen LogP) is -0.714. The first-order valence-corrected chi connectivity index (χ1v) is 5.40. The summed E-state index contributed by atoms with van der Waals surface area (Å²) in [6.07, 6.45) is 0.883. The second-order valence-electron chi connectivity index (χ2n) is 4.13. The fourth-order valence-electron chi connectivity index (χ4n) is 2.51. The SMILES string of the molecule is O=C(O)C1NCCC2N=c3ccccc3=C21. The minimum atomic E-state index is -0.813. The maximum absolute atomic E-state index is 11.2. The Morgan fingerprint density at radius 1 is 1.44 bits per heavy atom. The third kappa shape index (κ3) is 1.27. The van der Waals surface area contributed by atoms with Gasteiger partial charge in [-0.25, -0.2) is 0 Å². The summed E-state index contributed by atoms with van der Waals surface area (Å²) < 4.78 is 0. The zero-order valence-electron chi connectivity index (χ0n) is 8.68. The molecule has 1 saturated heterocycles. The molecule has 0 aliphatic carbocycles. The van der Waals surface area contributed by atoms with E-state index in [1.165, 1.54) is 0 Å². The number of para-hydroxylation sites is 1. The Kier molecular flexibility index (Phi) is 2.04. The van der Waals surface area contributed by atoms with Crippen molar-refractivity contribution in [2.45, 2.75) is 18.5 Å². The number of piperidine rings is 1. The Morgan fingerprint density at radius 3 is 3.06 bits per heavy atom. The van der Waals surface area contributed by atoms with Crippen molar-refractivity contribution in [3.8, 4) is 0 Å². The molecular formula is C12H12N2O2. The van der Waals surface area contributed by atoms with Crippen molar-refractivity contribution in [1.82, 2.24) is 5.32 Å². The summed E-state index contributed by atoms with van der Waals surface area (Å²) in [6.45, 7) is 0.711. The first kappa shape index (κ1) is 9.54. The van der Waals surface area contributed by atoms with E-state index < -0.39 is 12.0 Å². The summed E-state index contributed by atoms with van der Waals surface area (Å²) in [5.41, 5.74) is 0.925. The summed E-state index contributed by atoms with van der Waals surface area (Å²) in [5, 5.41) is 14.1. The molecule has 2 heterocycles. The van der Waals surface area contributed by atoms with Crippen LogP contribution in [0.1, 0.15) is 6.42 Å². The smallest absolute Gasteiger partial charge is 0.325 e. The molecule has 0 radical (unpaired) electrons. The molecule has 2 N–H and O–H groups in total. The van der Waals surface area contributed by atoms with Gasteiger partial charge in [-0.15, -0.1) is 0 Å². The van der Waals surface area contributed by atoms with Gasteiger partial charge >= 0.3 is 5.97 Å². The molecule has 0 bridgehead atoms. The van der Waals surface area contributed by atoms with Crippen LogP contribution >= 0.6 is 0 Å². The second-order valence-corrected chi connectivity index (χ2v) is 4.13. The van der Waals surface area contributed by atoms with Crippen LogP contribution in [-0.4, -0.2) is 29.7 Å². The summed E-state index contributed by atoms with van der Waals surface area (Å²) in [6, 6.07) is 7.24. The Balaban J connectivity index is 2.25. The average molecular weight is 216 g/mol. The largest absolute Gasteiger partial charge is 0.480 e. The lowest BCUT2D eigenvalue weighted by molar-refractivity contribution is -0.138. The molecule has 2 aliphatic rings. The average Bonchev–Trinajstić information content (AvgIpc) is 2.66. The highest BCUT2D eigenvalue weighted by molar-refractivity contribution is 5.88. The third-order valence-electron chi connectivity index (χ3n) is 3.19. The van der Waals surface area contributed by atoms with Crippen LogP contribution in [-0.2, 0) is 4.79 Å². The lowest BCUT2D eigenvalue weighted by Gasteiger charge is -2.26. The maximum atomic E-state index is 11.2. The van der Waals surface area contributed by atoms with Crippen LogP contribution in [0.4, 0.5) is 0 Å². The van der Waals surface area contributed by atoms with Gasteiger partial charge < -0.3 is 10.4 Å². The van der Waals surface area contributed by atoms with Crippen molar-refractivity contribution in [2.24, 2.45) is 4.99 Å². The zero-order valence-corrected chi connectivity index (χ0v) is 8.68. The Morgan fingerprint density at radius 2 is 2.25 bits per heavy atom. The lowest BCUT2D eigenvalue weighted by Crippen LogP contribution is -2.47. The minimum Gasteiger partial charge on any atom is -0.480 e. The molecule has 0 spiro atoms. The van der Waals surface area contributed by atoms with Crippen molar-refractivity contribution in [2.75, 3.05) is 6.54 Å². The monoisotopic (exact) mass is 216 g/mol. The van der Waals surface area contributed by atoms with Crippen molar-refractivity contribution in [3.63, 3.8) is 0 Å². The standard InChI is InChI=1S/C12H12N2O2/c15-12(16)11-10-7-3-1-2-4-8(7)14-9(10)5-6-13-11/h1-4,9,11,13H,5-6H2,(H,15,16). The number of benzene rings is 1. The van der Waals surface area contributed by atoms with Crippen molar-refractivity contribution < 1.29 is 9.90 Å². The van der Waals surface area contributed by atoms with Crippen LogP contribution in [0.25, 0.3) is 5.57 Å². The van der Waals surface area contributed by atoms with Crippen LogP contribution in [0.3, 0.4) is 0 Å². The van der Waals surface area contributed by atoms with E-state index in [2.05, 4.69) is 10.3 Å². The van der Waals surface area contributed by atoms with Crippen molar-refractivity contribution in [1.29, 1.82) is 0 Å². The Labute approximate surface area is 92.3 Å². The number of nitrogens with zero attached hydrogens (tertiary/aromatic N) is 1. The fraction of sp³-hybridized carbons (Fsp3) is 0.333. The van der Waals surface area contributed by atoms with Crippen molar-refractivity contribution in [3.05, 3.63) is 34.8 Å². The first-order valence-electron chi connectivity index (χ1n) is 5.40. The zero-order chi connectivity index (χ0) is 11.1. The van der Waals surface area contributed by atoms with Gasteiger partial charge in [-0.1, -0.05) is 18.2 Å². The van der Waals surface area contributed by atoms with Crippen molar-refractivity contribution >= 4 is 11.5 Å². The van der Waals surface area contributed by atoms with E-state index in [1.54, 1.807) is 0 Å². The second kappa shape index (κ2) is 3.42. The lowest BCUT2D eigenvalue weighted by atomic mass is 9.92. The number of carboxylic acids is 1. The molecule has 0 saturated carbocycles. The van der Waals surface area contributed by atoms with Crippen LogP contribution in [0.2, 0.25) is 0 Å². The molecule has 1 fully saturated rings. The molecule has 82 valence electrons. The molecule has 0 aromatic heterocycles. The minimum absolute atomic E-state index is 0.0553. The fourth-order valence-corrected chi connectivity index (χ4v) is 2.51. The van der Waals surface area contributed by atoms with E-state index in [4.69, 9.17) is 0 Å². The van der Waals surface area contributed by atoms with Gasteiger partial charge in [-0.2, -0.15) is 0 Å². The van der Waals surface area contributed by atoms with Gasteiger partial charge in [0.05, 0.1) is 11.4 Å². The molecular weight excluding hydrogens is 204 g/mol. The first-order chi connectivity index (χ1) is 7.77. The number of carbonyl (C=O) groups is 1. The number of hydrogen-bond donors (Lipinski definition) is 2. The number of nitrogens with one attached hydrogen (secondary N) is 1. The van der Waals surface area contributed by atoms with Crippen LogP contribution in [0.15, 0.2) is 29.3 Å². The number of carboxylic acid groups (broad SMARTS) is 1. The molecule has 2 aliphatic heterocycles. The predicted molar refractivity (Wildman–Crippen MR) is 58.5 cm³/mol. The molecule has 4 heteroatoms. The topological polar surface area (TPSA) is 61.7 Å². The number of rotatable bonds is 1. The summed E-state index contributed by atoms with van der Waals surface area (Å²) >= 11 is 0. The molecule has 1 aromatic rings. The summed E-state index contributed by atoms with van der Waals surface area (Å²) in [7, 11) is 0. The Bertz CT molecular complexity index is 565. The third-order valence-corrected chi connectivity index (χ3v) is 3.19. The van der Waals surface area contributed by atoms with E-state index in [0.717, 1.165) is 22.6 Å². The number of hydrogen-bond acceptors (Lipinski definition) is 3. The van der Waals surface area contributed by atoms with Crippen LogP contribution in [0, 0.1) is 0 Å². The number of fused-ring (bicyclic) bond motifs is 2. The highest BCUT2D eigenvalue weighted by Crippen LogP contribution is 2.21. The Hall–Kier alpha value is -1.68. The van der Waals surface area contributed by atoms with E-state index in [9.17, 15) is 9.90 Å². The summed E-state index contributed by atoms with van der Waals surface area (Å²) in [4.78, 5) is 15.7.